The van der Waals surface area contributed by atoms with Crippen LogP contribution in [0.4, 0.5) is 5.95 Å². The molecule has 1 atom stereocenters. The molecule has 1 unspecified atom stereocenters. The number of nitrogens with zero attached hydrogens (tertiary/aromatic N) is 4. The molecule has 110 valence electrons. The summed E-state index contributed by atoms with van der Waals surface area (Å²) in [6.45, 7) is 0.677. The summed E-state index contributed by atoms with van der Waals surface area (Å²) in [4.78, 5) is 26.0. The first kappa shape index (κ1) is 14.3. The van der Waals surface area contributed by atoms with Gasteiger partial charge in [0.1, 0.15) is 6.04 Å². The summed E-state index contributed by atoms with van der Waals surface area (Å²) in [5.41, 5.74) is 0. The van der Waals surface area contributed by atoms with Gasteiger partial charge in [-0.3, -0.25) is 0 Å². The maximum absolute atomic E-state index is 11.9. The van der Waals surface area contributed by atoms with Crippen molar-refractivity contribution in [3.05, 3.63) is 0 Å². The molecule has 0 aliphatic carbocycles. The topological polar surface area (TPSA) is 86.7 Å². The second kappa shape index (κ2) is 6.36. The van der Waals surface area contributed by atoms with Gasteiger partial charge in [0, 0.05) is 6.54 Å². The highest BCUT2D eigenvalue weighted by Crippen LogP contribution is 2.25. The smallest absolute Gasteiger partial charge is 0.328 e. The van der Waals surface area contributed by atoms with E-state index in [0.717, 1.165) is 12.8 Å². The van der Waals surface area contributed by atoms with Gasteiger partial charge < -0.3 is 19.1 Å². The molecule has 8 nitrogen and oxygen atoms in total. The fourth-order valence-corrected chi connectivity index (χ4v) is 2.19. The molecule has 0 aromatic carbocycles. The van der Waals surface area contributed by atoms with Crippen LogP contribution >= 0.6 is 0 Å². The molecule has 0 amide bonds. The van der Waals surface area contributed by atoms with Gasteiger partial charge in [-0.1, -0.05) is 0 Å². The maximum Gasteiger partial charge on any atom is 0.328 e. The predicted octanol–water partition coefficient (Wildman–Crippen LogP) is 0.421. The minimum atomic E-state index is -0.384. The molecule has 1 fully saturated rings. The molecule has 2 heterocycles. The Bertz CT molecular complexity index is 460. The zero-order valence-corrected chi connectivity index (χ0v) is 11.8. The first-order chi connectivity index (χ1) is 9.69. The minimum absolute atomic E-state index is 0.154. The van der Waals surface area contributed by atoms with Crippen molar-refractivity contribution in [1.29, 1.82) is 0 Å². The van der Waals surface area contributed by atoms with Gasteiger partial charge in [0.25, 0.3) is 0 Å². The van der Waals surface area contributed by atoms with Crippen LogP contribution in [0.25, 0.3) is 0 Å². The van der Waals surface area contributed by atoms with Crippen LogP contribution < -0.4 is 14.4 Å². The molecule has 1 aliphatic rings. The molecule has 20 heavy (non-hydrogen) atoms. The normalized spacial score (nSPS) is 18.6. The van der Waals surface area contributed by atoms with Crippen molar-refractivity contribution in [3.63, 3.8) is 0 Å². The SMILES string of the molecule is COC(=O)C1CCCCN1c1nc(OC)nc(OC)n1. The number of hydrogen-bond donors (Lipinski definition) is 0. The lowest BCUT2D eigenvalue weighted by molar-refractivity contribution is -0.142. The van der Waals surface area contributed by atoms with Crippen LogP contribution in [0.2, 0.25) is 0 Å². The molecular formula is C12H18N4O4. The van der Waals surface area contributed by atoms with Gasteiger partial charge in [0.05, 0.1) is 21.3 Å². The standard InChI is InChI=1S/C12H18N4O4/c1-18-9(17)8-6-4-5-7-16(8)10-13-11(19-2)15-12(14-10)20-3/h8H,4-7H2,1-3H3. The molecule has 0 N–H and O–H groups in total. The van der Waals surface area contributed by atoms with Gasteiger partial charge in [0.15, 0.2) is 0 Å². The van der Waals surface area contributed by atoms with Gasteiger partial charge in [-0.05, 0) is 19.3 Å². The molecule has 1 aromatic heterocycles. The molecule has 0 spiro atoms. The van der Waals surface area contributed by atoms with E-state index in [4.69, 9.17) is 14.2 Å². The van der Waals surface area contributed by atoms with E-state index in [1.807, 2.05) is 4.90 Å². The van der Waals surface area contributed by atoms with Crippen molar-refractivity contribution in [2.75, 3.05) is 32.8 Å². The number of anilines is 1. The Labute approximate surface area is 117 Å². The predicted molar refractivity (Wildman–Crippen MR) is 69.9 cm³/mol. The minimum Gasteiger partial charge on any atom is -0.467 e. The molecule has 1 saturated heterocycles. The first-order valence-corrected chi connectivity index (χ1v) is 6.38. The van der Waals surface area contributed by atoms with Crippen molar-refractivity contribution in [1.82, 2.24) is 15.0 Å². The average molecular weight is 282 g/mol. The van der Waals surface area contributed by atoms with Gasteiger partial charge in [-0.15, -0.1) is 4.98 Å². The number of methoxy groups -OCH3 is 3. The summed E-state index contributed by atoms with van der Waals surface area (Å²) >= 11 is 0. The van der Waals surface area contributed by atoms with E-state index in [-0.39, 0.29) is 24.0 Å². The highest BCUT2D eigenvalue weighted by atomic mass is 16.5. The van der Waals surface area contributed by atoms with Gasteiger partial charge in [0.2, 0.25) is 5.95 Å². The van der Waals surface area contributed by atoms with E-state index >= 15 is 0 Å². The van der Waals surface area contributed by atoms with E-state index in [1.54, 1.807) is 0 Å². The summed E-state index contributed by atoms with van der Waals surface area (Å²) in [5, 5.41) is 0. The van der Waals surface area contributed by atoms with E-state index in [2.05, 4.69) is 15.0 Å². The van der Waals surface area contributed by atoms with Crippen LogP contribution in [0.3, 0.4) is 0 Å². The molecule has 2 rings (SSSR count). The zero-order valence-electron chi connectivity index (χ0n) is 11.8. The number of piperidine rings is 1. The molecule has 0 radical (unpaired) electrons. The van der Waals surface area contributed by atoms with Crippen molar-refractivity contribution >= 4 is 11.9 Å². The molecule has 1 aromatic rings. The third-order valence-electron chi connectivity index (χ3n) is 3.18. The number of carbonyl (C=O) groups is 1. The summed E-state index contributed by atoms with van der Waals surface area (Å²) in [6, 6.07) is -0.0763. The lowest BCUT2D eigenvalue weighted by Gasteiger charge is -2.33. The fraction of sp³-hybridized carbons (Fsp3) is 0.667. The molecule has 8 heteroatoms. The Morgan fingerprint density at radius 3 is 2.30 bits per heavy atom. The largest absolute Gasteiger partial charge is 0.467 e. The number of ether oxygens (including phenoxy) is 3. The third-order valence-corrected chi connectivity index (χ3v) is 3.18. The van der Waals surface area contributed by atoms with E-state index in [9.17, 15) is 4.79 Å². The second-order valence-corrected chi connectivity index (χ2v) is 4.34. The van der Waals surface area contributed by atoms with Crippen LogP contribution in [0.5, 0.6) is 12.0 Å². The van der Waals surface area contributed by atoms with E-state index in [1.165, 1.54) is 21.3 Å². The highest BCUT2D eigenvalue weighted by Gasteiger charge is 2.32. The van der Waals surface area contributed by atoms with Gasteiger partial charge in [-0.2, -0.15) is 9.97 Å². The van der Waals surface area contributed by atoms with Gasteiger partial charge in [-0.25, -0.2) is 4.79 Å². The third kappa shape index (κ3) is 2.89. The van der Waals surface area contributed by atoms with Crippen LogP contribution in [0.15, 0.2) is 0 Å². The van der Waals surface area contributed by atoms with Crippen molar-refractivity contribution in [2.24, 2.45) is 0 Å². The van der Waals surface area contributed by atoms with E-state index in [0.29, 0.717) is 18.9 Å². The van der Waals surface area contributed by atoms with E-state index < -0.39 is 0 Å². The Kier molecular flexibility index (Phi) is 4.54. The fourth-order valence-electron chi connectivity index (χ4n) is 2.19. The lowest BCUT2D eigenvalue weighted by Crippen LogP contribution is -2.46. The summed E-state index contributed by atoms with van der Waals surface area (Å²) in [7, 11) is 4.31. The highest BCUT2D eigenvalue weighted by molar-refractivity contribution is 5.79. The molecule has 0 bridgehead atoms. The molecular weight excluding hydrogens is 264 g/mol. The monoisotopic (exact) mass is 282 g/mol. The van der Waals surface area contributed by atoms with Gasteiger partial charge >= 0.3 is 18.0 Å². The maximum atomic E-state index is 11.9. The summed E-state index contributed by atoms with van der Waals surface area (Å²) < 4.78 is 14.9. The van der Waals surface area contributed by atoms with Crippen molar-refractivity contribution in [2.45, 2.75) is 25.3 Å². The number of hydrogen-bond acceptors (Lipinski definition) is 8. The Morgan fingerprint density at radius 2 is 1.75 bits per heavy atom. The number of esters is 1. The molecule has 0 saturated carbocycles. The average Bonchev–Trinajstić information content (AvgIpc) is 2.53. The number of carbonyl (C=O) groups excluding carboxylic acids is 1. The van der Waals surface area contributed by atoms with Crippen LogP contribution in [0, 0.1) is 0 Å². The van der Waals surface area contributed by atoms with Crippen LogP contribution in [-0.4, -0.2) is 54.8 Å². The van der Waals surface area contributed by atoms with Crippen LogP contribution in [-0.2, 0) is 9.53 Å². The Hall–Kier alpha value is -2.12. The first-order valence-electron chi connectivity index (χ1n) is 6.38. The Morgan fingerprint density at radius 1 is 1.10 bits per heavy atom. The summed E-state index contributed by atoms with van der Waals surface area (Å²) in [6.07, 6.45) is 2.64. The zero-order chi connectivity index (χ0) is 14.5. The lowest BCUT2D eigenvalue weighted by atomic mass is 10.0. The number of aromatic nitrogens is 3. The van der Waals surface area contributed by atoms with Crippen molar-refractivity contribution in [3.8, 4) is 12.0 Å². The molecule has 1 aliphatic heterocycles. The summed E-state index contributed by atoms with van der Waals surface area (Å²) in [5.74, 6) is 0.0758. The number of rotatable bonds is 4. The van der Waals surface area contributed by atoms with Crippen LogP contribution in [0.1, 0.15) is 19.3 Å². The van der Waals surface area contributed by atoms with Crippen molar-refractivity contribution < 1.29 is 19.0 Å². The second-order valence-electron chi connectivity index (χ2n) is 4.34. The quantitative estimate of drug-likeness (QED) is 0.734. The Balaban J connectivity index is 2.33.